The fourth-order valence-corrected chi connectivity index (χ4v) is 3.21. The predicted octanol–water partition coefficient (Wildman–Crippen LogP) is 2.38. The highest BCUT2D eigenvalue weighted by atomic mass is 127. The average Bonchev–Trinajstić information content (AvgIpc) is 2.48. The van der Waals surface area contributed by atoms with Gasteiger partial charge in [0.1, 0.15) is 0 Å². The Labute approximate surface area is 148 Å². The second-order valence-electron chi connectivity index (χ2n) is 5.03. The lowest BCUT2D eigenvalue weighted by atomic mass is 10.1. The van der Waals surface area contributed by atoms with Crippen LogP contribution in [0.3, 0.4) is 0 Å². The molecule has 1 aliphatic rings. The second kappa shape index (κ2) is 7.21. The zero-order valence-corrected chi connectivity index (χ0v) is 15.4. The van der Waals surface area contributed by atoms with E-state index in [0.717, 1.165) is 16.7 Å². The summed E-state index contributed by atoms with van der Waals surface area (Å²) in [6.07, 6.45) is 0. The summed E-state index contributed by atoms with van der Waals surface area (Å²) in [6, 6.07) is 5.46. The summed E-state index contributed by atoms with van der Waals surface area (Å²) in [7, 11) is 0. The molecule has 1 amide bonds. The summed E-state index contributed by atoms with van der Waals surface area (Å²) < 4.78 is 0.918. The minimum absolute atomic E-state index is 0.0320. The van der Waals surface area contributed by atoms with Gasteiger partial charge < -0.3 is 10.6 Å². The number of thiocarbonyl (C=S) groups is 1. The number of benzene rings is 1. The van der Waals surface area contributed by atoms with Gasteiger partial charge in [-0.1, -0.05) is 23.8 Å². The number of rotatable bonds is 3. The van der Waals surface area contributed by atoms with Crippen LogP contribution >= 0.6 is 46.4 Å². The monoisotopic (exact) mass is 437 g/mol. The van der Waals surface area contributed by atoms with Gasteiger partial charge in [0.25, 0.3) is 5.91 Å². The molecule has 1 heterocycles. The number of carbonyl (C=O) groups is 1. The van der Waals surface area contributed by atoms with E-state index in [9.17, 15) is 4.79 Å². The minimum Gasteiger partial charge on any atom is -0.392 e. The molecule has 4 nitrogen and oxygen atoms in total. The van der Waals surface area contributed by atoms with E-state index < -0.39 is 0 Å². The summed E-state index contributed by atoms with van der Waals surface area (Å²) in [5.74, 6) is 0.0320. The van der Waals surface area contributed by atoms with Crippen molar-refractivity contribution in [1.82, 2.24) is 9.80 Å². The van der Waals surface area contributed by atoms with Gasteiger partial charge in [0.05, 0.1) is 16.6 Å². The molecule has 0 spiro atoms. The molecule has 114 valence electrons. The second-order valence-corrected chi connectivity index (χ2v) is 7.10. The van der Waals surface area contributed by atoms with Crippen molar-refractivity contribution in [3.8, 4) is 0 Å². The highest BCUT2D eigenvalue weighted by Gasteiger charge is 2.26. The number of halogens is 2. The number of nitrogens with two attached hydrogens (primary N) is 1. The van der Waals surface area contributed by atoms with Gasteiger partial charge in [-0.25, -0.2) is 0 Å². The summed E-state index contributed by atoms with van der Waals surface area (Å²) in [5.41, 5.74) is 6.35. The fourth-order valence-electron chi connectivity index (χ4n) is 2.32. The Kier molecular flexibility index (Phi) is 5.81. The third kappa shape index (κ3) is 4.06. The van der Waals surface area contributed by atoms with Crippen molar-refractivity contribution in [2.75, 3.05) is 26.2 Å². The van der Waals surface area contributed by atoms with Crippen molar-refractivity contribution in [2.45, 2.75) is 13.0 Å². The molecule has 1 aliphatic heterocycles. The normalized spacial score (nSPS) is 17.6. The SMILES string of the molecule is CC(C(N)=S)N1CCN(C(=O)c2cc(Cl)ccc2I)CC1. The van der Waals surface area contributed by atoms with Crippen LogP contribution in [0.2, 0.25) is 5.02 Å². The zero-order chi connectivity index (χ0) is 15.6. The third-order valence-electron chi connectivity index (χ3n) is 3.72. The van der Waals surface area contributed by atoms with Crippen LogP contribution in [0.1, 0.15) is 17.3 Å². The first-order valence-electron chi connectivity index (χ1n) is 6.68. The van der Waals surface area contributed by atoms with Gasteiger partial charge in [0.2, 0.25) is 0 Å². The topological polar surface area (TPSA) is 49.6 Å². The average molecular weight is 438 g/mol. The fraction of sp³-hybridized carbons (Fsp3) is 0.429. The first kappa shape index (κ1) is 16.9. The van der Waals surface area contributed by atoms with Gasteiger partial charge in [-0.05, 0) is 47.7 Å². The van der Waals surface area contributed by atoms with Crippen molar-refractivity contribution in [2.24, 2.45) is 5.73 Å². The lowest BCUT2D eigenvalue weighted by Gasteiger charge is -2.37. The van der Waals surface area contributed by atoms with Gasteiger partial charge in [-0.2, -0.15) is 0 Å². The summed E-state index contributed by atoms with van der Waals surface area (Å²) in [4.78, 5) is 17.1. The Balaban J connectivity index is 2.03. The Morgan fingerprint density at radius 1 is 1.38 bits per heavy atom. The summed E-state index contributed by atoms with van der Waals surface area (Å²) >= 11 is 13.2. The summed E-state index contributed by atoms with van der Waals surface area (Å²) in [5, 5.41) is 0.583. The van der Waals surface area contributed by atoms with E-state index in [1.165, 1.54) is 0 Å². The van der Waals surface area contributed by atoms with Gasteiger partial charge in [0.15, 0.2) is 0 Å². The molecule has 0 aromatic heterocycles. The Morgan fingerprint density at radius 3 is 2.57 bits per heavy atom. The Bertz CT molecular complexity index is 561. The number of hydrogen-bond donors (Lipinski definition) is 1. The molecule has 0 radical (unpaired) electrons. The third-order valence-corrected chi connectivity index (χ3v) is 5.24. The number of piperazine rings is 1. The lowest BCUT2D eigenvalue weighted by Crippen LogP contribution is -2.54. The smallest absolute Gasteiger partial charge is 0.255 e. The molecule has 2 N–H and O–H groups in total. The Hall–Kier alpha value is -0.440. The molecular formula is C14H17ClIN3OS. The molecule has 1 unspecified atom stereocenters. The summed E-state index contributed by atoms with van der Waals surface area (Å²) in [6.45, 7) is 4.91. The first-order valence-corrected chi connectivity index (χ1v) is 8.54. The van der Waals surface area contributed by atoms with Crippen molar-refractivity contribution < 1.29 is 4.79 Å². The molecule has 0 bridgehead atoms. The molecule has 21 heavy (non-hydrogen) atoms. The maximum Gasteiger partial charge on any atom is 0.255 e. The van der Waals surface area contributed by atoms with Crippen LogP contribution in [-0.4, -0.2) is 52.9 Å². The van der Waals surface area contributed by atoms with Crippen molar-refractivity contribution in [1.29, 1.82) is 0 Å². The van der Waals surface area contributed by atoms with Gasteiger partial charge in [-0.3, -0.25) is 9.69 Å². The molecule has 1 atom stereocenters. The van der Waals surface area contributed by atoms with E-state index >= 15 is 0 Å². The van der Waals surface area contributed by atoms with Crippen LogP contribution in [-0.2, 0) is 0 Å². The van der Waals surface area contributed by atoms with E-state index in [4.69, 9.17) is 29.6 Å². The standard InChI is InChI=1S/C14H17ClIN3OS/c1-9(13(17)21)18-4-6-19(7-5-18)14(20)11-8-10(15)2-3-12(11)16/h2-3,8-9H,4-7H2,1H3,(H2,17,21). The molecule has 0 aliphatic carbocycles. The van der Waals surface area contributed by atoms with Crippen LogP contribution in [0.4, 0.5) is 0 Å². The molecule has 1 aromatic rings. The maximum absolute atomic E-state index is 12.6. The van der Waals surface area contributed by atoms with Crippen LogP contribution < -0.4 is 5.73 Å². The number of hydrogen-bond acceptors (Lipinski definition) is 3. The maximum atomic E-state index is 12.6. The largest absolute Gasteiger partial charge is 0.392 e. The highest BCUT2D eigenvalue weighted by molar-refractivity contribution is 14.1. The van der Waals surface area contributed by atoms with Crippen LogP contribution in [0.15, 0.2) is 18.2 Å². The molecule has 1 saturated heterocycles. The van der Waals surface area contributed by atoms with Gasteiger partial charge in [-0.15, -0.1) is 0 Å². The molecular weight excluding hydrogens is 421 g/mol. The van der Waals surface area contributed by atoms with Crippen LogP contribution in [0.5, 0.6) is 0 Å². The quantitative estimate of drug-likeness (QED) is 0.583. The predicted molar refractivity (Wildman–Crippen MR) is 97.9 cm³/mol. The van der Waals surface area contributed by atoms with Gasteiger partial charge in [0, 0.05) is 34.8 Å². The number of amides is 1. The van der Waals surface area contributed by atoms with E-state index in [1.54, 1.807) is 12.1 Å². The lowest BCUT2D eigenvalue weighted by molar-refractivity contribution is 0.0620. The highest BCUT2D eigenvalue weighted by Crippen LogP contribution is 2.20. The van der Waals surface area contributed by atoms with Crippen molar-refractivity contribution >= 4 is 57.3 Å². The minimum atomic E-state index is 0.0320. The van der Waals surface area contributed by atoms with E-state index in [0.29, 0.717) is 28.7 Å². The molecule has 1 fully saturated rings. The van der Waals surface area contributed by atoms with E-state index in [1.807, 2.05) is 17.9 Å². The number of nitrogens with zero attached hydrogens (tertiary/aromatic N) is 2. The van der Waals surface area contributed by atoms with Crippen LogP contribution in [0.25, 0.3) is 0 Å². The Morgan fingerprint density at radius 2 is 2.00 bits per heavy atom. The molecule has 0 saturated carbocycles. The zero-order valence-electron chi connectivity index (χ0n) is 11.7. The molecule has 1 aromatic carbocycles. The van der Waals surface area contributed by atoms with E-state index in [2.05, 4.69) is 27.5 Å². The van der Waals surface area contributed by atoms with E-state index in [-0.39, 0.29) is 11.9 Å². The number of carbonyl (C=O) groups excluding carboxylic acids is 1. The molecule has 7 heteroatoms. The van der Waals surface area contributed by atoms with Crippen molar-refractivity contribution in [3.63, 3.8) is 0 Å². The van der Waals surface area contributed by atoms with Crippen LogP contribution in [0, 0.1) is 3.57 Å². The van der Waals surface area contributed by atoms with Crippen molar-refractivity contribution in [3.05, 3.63) is 32.4 Å². The first-order chi connectivity index (χ1) is 9.90. The van der Waals surface area contributed by atoms with Gasteiger partial charge >= 0.3 is 0 Å². The molecule has 2 rings (SSSR count).